The van der Waals surface area contributed by atoms with E-state index in [-0.39, 0.29) is 5.82 Å². The van der Waals surface area contributed by atoms with Crippen LogP contribution in [0.1, 0.15) is 5.82 Å². The number of oxazole rings is 1. The van der Waals surface area contributed by atoms with E-state index in [1.165, 1.54) is 12.1 Å². The lowest BCUT2D eigenvalue weighted by Crippen LogP contribution is -2.47. The van der Waals surface area contributed by atoms with Crippen LogP contribution in [0, 0.1) is 12.7 Å². The van der Waals surface area contributed by atoms with Crippen molar-refractivity contribution < 1.29 is 8.81 Å². The second-order valence-electron chi connectivity index (χ2n) is 5.54. The van der Waals surface area contributed by atoms with Crippen molar-refractivity contribution in [1.29, 1.82) is 0 Å². The summed E-state index contributed by atoms with van der Waals surface area (Å²) >= 11 is 0. The van der Waals surface area contributed by atoms with Crippen LogP contribution in [0.3, 0.4) is 0 Å². The molecule has 0 saturated carbocycles. The summed E-state index contributed by atoms with van der Waals surface area (Å²) in [5.74, 6) is 1.41. The number of halogens is 1. The fourth-order valence-electron chi connectivity index (χ4n) is 2.77. The lowest BCUT2D eigenvalue weighted by atomic mass is 10.3. The number of piperazine rings is 1. The summed E-state index contributed by atoms with van der Waals surface area (Å²) in [6, 6.07) is 6.85. The van der Waals surface area contributed by atoms with Gasteiger partial charge in [0.15, 0.2) is 5.58 Å². The molecule has 0 radical (unpaired) electrons. The molecule has 3 aromatic rings. The molecule has 0 unspecified atom stereocenters. The smallest absolute Gasteiger partial charge is 0.298 e. The minimum Gasteiger partial charge on any atom is -0.423 e. The molecule has 2 aromatic heterocycles. The lowest BCUT2D eigenvalue weighted by Gasteiger charge is -2.34. The topological polar surface area (TPSA) is 58.3 Å². The van der Waals surface area contributed by atoms with Gasteiger partial charge in [-0.15, -0.1) is 0 Å². The van der Waals surface area contributed by atoms with Crippen LogP contribution in [0.5, 0.6) is 0 Å². The van der Waals surface area contributed by atoms with E-state index in [1.807, 2.05) is 13.0 Å². The van der Waals surface area contributed by atoms with Crippen molar-refractivity contribution >= 4 is 22.9 Å². The van der Waals surface area contributed by atoms with Crippen LogP contribution >= 0.6 is 0 Å². The number of hydrogen-bond donors (Lipinski definition) is 0. The molecule has 7 heteroatoms. The summed E-state index contributed by atoms with van der Waals surface area (Å²) < 4.78 is 19.0. The maximum Gasteiger partial charge on any atom is 0.298 e. The number of fused-ring (bicyclic) bond motifs is 1. The molecule has 0 amide bonds. The third-order valence-corrected chi connectivity index (χ3v) is 3.97. The number of anilines is 2. The largest absolute Gasteiger partial charge is 0.423 e. The minimum absolute atomic E-state index is 0.304. The molecule has 118 valence electrons. The lowest BCUT2D eigenvalue weighted by molar-refractivity contribution is 0.540. The molecule has 0 spiro atoms. The summed E-state index contributed by atoms with van der Waals surface area (Å²) in [6.07, 6.45) is 1.78. The van der Waals surface area contributed by atoms with Crippen LogP contribution in [-0.4, -0.2) is 41.1 Å². The molecule has 1 aliphatic heterocycles. The molecule has 3 heterocycles. The van der Waals surface area contributed by atoms with Crippen LogP contribution < -0.4 is 9.80 Å². The normalized spacial score (nSPS) is 15.4. The van der Waals surface area contributed by atoms with E-state index in [2.05, 4.69) is 24.8 Å². The van der Waals surface area contributed by atoms with Crippen LogP contribution in [0.2, 0.25) is 0 Å². The molecule has 1 fully saturated rings. The van der Waals surface area contributed by atoms with E-state index in [4.69, 9.17) is 4.42 Å². The molecule has 0 atom stereocenters. The van der Waals surface area contributed by atoms with Crippen LogP contribution in [0.4, 0.5) is 16.2 Å². The van der Waals surface area contributed by atoms with Gasteiger partial charge in [-0.1, -0.05) is 0 Å². The molecule has 23 heavy (non-hydrogen) atoms. The summed E-state index contributed by atoms with van der Waals surface area (Å²) in [6.45, 7) is 5.08. The van der Waals surface area contributed by atoms with Gasteiger partial charge >= 0.3 is 0 Å². The highest BCUT2D eigenvalue weighted by Gasteiger charge is 2.22. The van der Waals surface area contributed by atoms with E-state index in [9.17, 15) is 4.39 Å². The standard InChI is InChI=1S/C16H16FN5O/c1-11-18-5-4-15(19-11)21-6-8-22(9-7-21)16-20-13-10-12(17)2-3-14(13)23-16/h2-5,10H,6-9H2,1H3. The average Bonchev–Trinajstić information content (AvgIpc) is 2.98. The van der Waals surface area contributed by atoms with Gasteiger partial charge in [0.05, 0.1) is 0 Å². The number of hydrogen-bond acceptors (Lipinski definition) is 6. The Morgan fingerprint density at radius 3 is 2.61 bits per heavy atom. The Hall–Kier alpha value is -2.70. The van der Waals surface area contributed by atoms with Crippen molar-refractivity contribution in [3.63, 3.8) is 0 Å². The number of aryl methyl sites for hydroxylation is 1. The third kappa shape index (κ3) is 2.69. The van der Waals surface area contributed by atoms with Crippen LogP contribution in [0.25, 0.3) is 11.1 Å². The molecule has 6 nitrogen and oxygen atoms in total. The van der Waals surface area contributed by atoms with Gasteiger partial charge < -0.3 is 14.2 Å². The zero-order chi connectivity index (χ0) is 15.8. The van der Waals surface area contributed by atoms with Crippen LogP contribution in [-0.2, 0) is 0 Å². The molecule has 1 aliphatic rings. The zero-order valence-electron chi connectivity index (χ0n) is 12.7. The van der Waals surface area contributed by atoms with Gasteiger partial charge in [0.25, 0.3) is 6.01 Å². The maximum absolute atomic E-state index is 13.2. The molecule has 0 aliphatic carbocycles. The molecular weight excluding hydrogens is 297 g/mol. The SMILES string of the molecule is Cc1nccc(N2CCN(c3nc4cc(F)ccc4o3)CC2)n1. The fraction of sp³-hybridized carbons (Fsp3) is 0.312. The van der Waals surface area contributed by atoms with Gasteiger partial charge in [0.1, 0.15) is 23.0 Å². The first-order chi connectivity index (χ1) is 11.2. The van der Waals surface area contributed by atoms with Crippen molar-refractivity contribution in [3.05, 3.63) is 42.1 Å². The molecular formula is C16H16FN5O. The second kappa shape index (κ2) is 5.49. The molecule has 1 aromatic carbocycles. The third-order valence-electron chi connectivity index (χ3n) is 3.97. The highest BCUT2D eigenvalue weighted by molar-refractivity contribution is 5.74. The van der Waals surface area contributed by atoms with Gasteiger partial charge in [-0.25, -0.2) is 14.4 Å². The molecule has 4 rings (SSSR count). The van der Waals surface area contributed by atoms with Crippen molar-refractivity contribution in [2.45, 2.75) is 6.92 Å². The van der Waals surface area contributed by atoms with Gasteiger partial charge in [0, 0.05) is 38.4 Å². The van der Waals surface area contributed by atoms with E-state index < -0.39 is 0 Å². The van der Waals surface area contributed by atoms with Crippen molar-refractivity contribution in [1.82, 2.24) is 15.0 Å². The van der Waals surface area contributed by atoms with Crippen LogP contribution in [0.15, 0.2) is 34.9 Å². The van der Waals surface area contributed by atoms with E-state index in [1.54, 1.807) is 12.3 Å². The van der Waals surface area contributed by atoms with Gasteiger partial charge in [-0.2, -0.15) is 4.98 Å². The monoisotopic (exact) mass is 313 g/mol. The van der Waals surface area contributed by atoms with Crippen molar-refractivity contribution in [2.75, 3.05) is 36.0 Å². The summed E-state index contributed by atoms with van der Waals surface area (Å²) in [7, 11) is 0. The fourth-order valence-corrected chi connectivity index (χ4v) is 2.77. The first-order valence-electron chi connectivity index (χ1n) is 7.55. The van der Waals surface area contributed by atoms with Gasteiger partial charge in [-0.05, 0) is 25.1 Å². The Bertz CT molecular complexity index is 841. The highest BCUT2D eigenvalue weighted by Crippen LogP contribution is 2.24. The highest BCUT2D eigenvalue weighted by atomic mass is 19.1. The Morgan fingerprint density at radius 2 is 1.83 bits per heavy atom. The molecule has 0 N–H and O–H groups in total. The first kappa shape index (κ1) is 13.9. The molecule has 0 bridgehead atoms. The predicted molar refractivity (Wildman–Crippen MR) is 85.2 cm³/mol. The van der Waals surface area contributed by atoms with E-state index in [0.717, 1.165) is 37.8 Å². The summed E-state index contributed by atoms with van der Waals surface area (Å²) in [5, 5.41) is 0. The zero-order valence-corrected chi connectivity index (χ0v) is 12.7. The minimum atomic E-state index is -0.304. The Morgan fingerprint density at radius 1 is 1.04 bits per heavy atom. The number of benzene rings is 1. The van der Waals surface area contributed by atoms with E-state index >= 15 is 0 Å². The van der Waals surface area contributed by atoms with Gasteiger partial charge in [0.2, 0.25) is 0 Å². The van der Waals surface area contributed by atoms with Gasteiger partial charge in [-0.3, -0.25) is 0 Å². The second-order valence-corrected chi connectivity index (χ2v) is 5.54. The number of rotatable bonds is 2. The maximum atomic E-state index is 13.2. The molecule has 1 saturated heterocycles. The van der Waals surface area contributed by atoms with Crippen molar-refractivity contribution in [2.24, 2.45) is 0 Å². The van der Waals surface area contributed by atoms with E-state index in [0.29, 0.717) is 17.1 Å². The first-order valence-corrected chi connectivity index (χ1v) is 7.55. The summed E-state index contributed by atoms with van der Waals surface area (Å²) in [4.78, 5) is 17.3. The Labute approximate surface area is 132 Å². The Kier molecular flexibility index (Phi) is 3.33. The number of nitrogens with zero attached hydrogens (tertiary/aromatic N) is 5. The number of aromatic nitrogens is 3. The summed E-state index contributed by atoms with van der Waals surface area (Å²) in [5.41, 5.74) is 1.16. The van der Waals surface area contributed by atoms with Crippen molar-refractivity contribution in [3.8, 4) is 0 Å². The quantitative estimate of drug-likeness (QED) is 0.724. The average molecular weight is 313 g/mol. The predicted octanol–water partition coefficient (Wildman–Crippen LogP) is 2.39. The Balaban J connectivity index is 1.50.